The fourth-order valence-electron chi connectivity index (χ4n) is 5.14. The number of methoxy groups -OCH3 is 1. The van der Waals surface area contributed by atoms with Gasteiger partial charge in [0.25, 0.3) is 0 Å². The Morgan fingerprint density at radius 1 is 0.971 bits per heavy atom. The first kappa shape index (κ1) is 23.7. The van der Waals surface area contributed by atoms with Crippen molar-refractivity contribution in [3.8, 4) is 11.5 Å². The summed E-state index contributed by atoms with van der Waals surface area (Å²) < 4.78 is 11.3. The first-order valence-corrected chi connectivity index (χ1v) is 12.5. The van der Waals surface area contributed by atoms with Gasteiger partial charge < -0.3 is 14.4 Å². The molecule has 2 saturated heterocycles. The van der Waals surface area contributed by atoms with Crippen LogP contribution in [-0.2, 0) is 19.8 Å². The first-order chi connectivity index (χ1) is 16.9. The van der Waals surface area contributed by atoms with Crippen LogP contribution >= 0.6 is 11.6 Å². The summed E-state index contributed by atoms with van der Waals surface area (Å²) in [7, 11) is 1.58. The molecular weight excluding hydrogens is 468 g/mol. The smallest absolute Gasteiger partial charge is 0.241 e. The molecule has 2 aromatic carbocycles. The average Bonchev–Trinajstić information content (AvgIpc) is 3.67. The van der Waals surface area contributed by atoms with E-state index >= 15 is 0 Å². The molecule has 2 heterocycles. The molecule has 3 amide bonds. The summed E-state index contributed by atoms with van der Waals surface area (Å²) in [4.78, 5) is 43.2. The van der Waals surface area contributed by atoms with Crippen LogP contribution in [-0.4, -0.2) is 59.9 Å². The van der Waals surface area contributed by atoms with Gasteiger partial charge in [-0.05, 0) is 54.8 Å². The SMILES string of the molecule is COc1ccc([C@@]2(CC(=O)N3CCC(Oc4ccc(Cl)cc4)CC3)CC(=O)N(C3CC3)C2=O)cc1. The summed E-state index contributed by atoms with van der Waals surface area (Å²) in [5, 5.41) is 0.656. The predicted molar refractivity (Wildman–Crippen MR) is 130 cm³/mol. The second kappa shape index (κ2) is 9.53. The zero-order valence-corrected chi connectivity index (χ0v) is 20.5. The van der Waals surface area contributed by atoms with E-state index in [4.69, 9.17) is 21.1 Å². The van der Waals surface area contributed by atoms with Gasteiger partial charge in [0, 0.05) is 49.8 Å². The van der Waals surface area contributed by atoms with Crippen LogP contribution in [0, 0.1) is 0 Å². The number of benzene rings is 2. The highest BCUT2D eigenvalue weighted by Crippen LogP contribution is 2.45. The standard InChI is InChI=1S/C27H29ClN2O5/c1-34-21-8-2-18(3-9-21)27(17-25(32)30(26(27)33)20-6-7-20)16-24(31)29-14-12-23(13-15-29)35-22-10-4-19(28)5-11-22/h2-5,8-11,20,23H,6-7,12-17H2,1H3/t27-/m1/s1. The third kappa shape index (κ3) is 4.74. The zero-order valence-electron chi connectivity index (χ0n) is 19.7. The largest absolute Gasteiger partial charge is 0.497 e. The van der Waals surface area contributed by atoms with Crippen molar-refractivity contribution in [2.45, 2.75) is 56.1 Å². The van der Waals surface area contributed by atoms with Gasteiger partial charge in [-0.1, -0.05) is 23.7 Å². The molecule has 1 saturated carbocycles. The molecule has 2 aliphatic heterocycles. The number of rotatable bonds is 7. The molecule has 0 aromatic heterocycles. The summed E-state index contributed by atoms with van der Waals surface area (Å²) >= 11 is 5.94. The molecule has 3 fully saturated rings. The Kier molecular flexibility index (Phi) is 6.45. The Morgan fingerprint density at radius 2 is 1.60 bits per heavy atom. The number of carbonyl (C=O) groups excluding carboxylic acids is 3. The Bertz CT molecular complexity index is 1110. The van der Waals surface area contributed by atoms with Crippen molar-refractivity contribution < 1.29 is 23.9 Å². The summed E-state index contributed by atoms with van der Waals surface area (Å²) in [6.07, 6.45) is 3.09. The molecule has 0 bridgehead atoms. The predicted octanol–water partition coefficient (Wildman–Crippen LogP) is 3.97. The molecule has 0 N–H and O–H groups in total. The maximum Gasteiger partial charge on any atom is 0.241 e. The monoisotopic (exact) mass is 496 g/mol. The number of ether oxygens (including phenoxy) is 2. The molecule has 0 unspecified atom stereocenters. The van der Waals surface area contributed by atoms with E-state index in [-0.39, 0.29) is 42.7 Å². The van der Waals surface area contributed by atoms with Crippen LogP contribution in [0.3, 0.4) is 0 Å². The van der Waals surface area contributed by atoms with E-state index in [0.29, 0.717) is 42.3 Å². The van der Waals surface area contributed by atoms with Crippen molar-refractivity contribution in [1.29, 1.82) is 0 Å². The topological polar surface area (TPSA) is 76.2 Å². The van der Waals surface area contributed by atoms with E-state index in [0.717, 1.165) is 18.6 Å². The Balaban J connectivity index is 1.29. The Labute approximate surface area is 209 Å². The highest BCUT2D eigenvalue weighted by atomic mass is 35.5. The highest BCUT2D eigenvalue weighted by molar-refractivity contribution is 6.30. The van der Waals surface area contributed by atoms with E-state index in [2.05, 4.69) is 0 Å². The average molecular weight is 497 g/mol. The lowest BCUT2D eigenvalue weighted by Crippen LogP contribution is -2.47. The van der Waals surface area contributed by atoms with Crippen molar-refractivity contribution >= 4 is 29.3 Å². The molecule has 8 heteroatoms. The van der Waals surface area contributed by atoms with Gasteiger partial charge in [0.05, 0.1) is 12.5 Å². The van der Waals surface area contributed by atoms with E-state index in [9.17, 15) is 14.4 Å². The van der Waals surface area contributed by atoms with Gasteiger partial charge in [-0.2, -0.15) is 0 Å². The minimum Gasteiger partial charge on any atom is -0.497 e. The third-order valence-electron chi connectivity index (χ3n) is 7.27. The van der Waals surface area contributed by atoms with Crippen LogP contribution in [0.1, 0.15) is 44.1 Å². The van der Waals surface area contributed by atoms with Crippen molar-refractivity contribution in [1.82, 2.24) is 9.80 Å². The Hall–Kier alpha value is -3.06. The quantitative estimate of drug-likeness (QED) is 0.542. The Morgan fingerprint density at radius 3 is 2.20 bits per heavy atom. The van der Waals surface area contributed by atoms with Crippen LogP contribution in [0.25, 0.3) is 0 Å². The number of hydrogen-bond donors (Lipinski definition) is 0. The van der Waals surface area contributed by atoms with Crippen molar-refractivity contribution in [2.24, 2.45) is 0 Å². The van der Waals surface area contributed by atoms with Gasteiger partial charge in [0.1, 0.15) is 17.6 Å². The van der Waals surface area contributed by atoms with Crippen molar-refractivity contribution in [2.75, 3.05) is 20.2 Å². The maximum atomic E-state index is 13.6. The summed E-state index contributed by atoms with van der Waals surface area (Å²) in [5.74, 6) is 0.881. The fourth-order valence-corrected chi connectivity index (χ4v) is 5.27. The van der Waals surface area contributed by atoms with Crippen molar-refractivity contribution in [3.63, 3.8) is 0 Å². The molecular formula is C27H29ClN2O5. The zero-order chi connectivity index (χ0) is 24.6. The summed E-state index contributed by atoms with van der Waals surface area (Å²) in [5.41, 5.74) is -0.478. The van der Waals surface area contributed by atoms with Gasteiger partial charge >= 0.3 is 0 Å². The van der Waals surface area contributed by atoms with Gasteiger partial charge in [-0.25, -0.2) is 0 Å². The van der Waals surface area contributed by atoms with Gasteiger partial charge in [-0.15, -0.1) is 0 Å². The molecule has 35 heavy (non-hydrogen) atoms. The normalized spacial score (nSPS) is 23.0. The van der Waals surface area contributed by atoms with Gasteiger partial charge in [0.2, 0.25) is 17.7 Å². The number of imide groups is 1. The summed E-state index contributed by atoms with van der Waals surface area (Å²) in [6.45, 7) is 1.09. The van der Waals surface area contributed by atoms with E-state index < -0.39 is 5.41 Å². The molecule has 7 nitrogen and oxygen atoms in total. The van der Waals surface area contributed by atoms with E-state index in [1.54, 1.807) is 48.4 Å². The number of likely N-dealkylation sites (tertiary alicyclic amines) is 2. The molecule has 184 valence electrons. The number of piperidine rings is 1. The summed E-state index contributed by atoms with van der Waals surface area (Å²) in [6, 6.07) is 14.4. The van der Waals surface area contributed by atoms with Crippen molar-refractivity contribution in [3.05, 3.63) is 59.1 Å². The lowest BCUT2D eigenvalue weighted by atomic mass is 9.75. The molecule has 1 aliphatic carbocycles. The molecule has 2 aromatic rings. The van der Waals surface area contributed by atoms with Gasteiger partial charge in [-0.3, -0.25) is 19.3 Å². The number of nitrogens with zero attached hydrogens (tertiary/aromatic N) is 2. The van der Waals surface area contributed by atoms with E-state index in [1.165, 1.54) is 4.90 Å². The number of amides is 3. The maximum absolute atomic E-state index is 13.6. The third-order valence-corrected chi connectivity index (χ3v) is 7.52. The van der Waals surface area contributed by atoms with E-state index in [1.807, 2.05) is 12.1 Å². The second-order valence-electron chi connectivity index (χ2n) is 9.62. The van der Waals surface area contributed by atoms with Crippen LogP contribution in [0.4, 0.5) is 0 Å². The molecule has 5 rings (SSSR count). The number of halogens is 1. The molecule has 3 aliphatic rings. The lowest BCUT2D eigenvalue weighted by molar-refractivity contribution is -0.143. The van der Waals surface area contributed by atoms with Crippen LogP contribution in [0.2, 0.25) is 5.02 Å². The minimum absolute atomic E-state index is 0.0100. The van der Waals surface area contributed by atoms with Crippen LogP contribution < -0.4 is 9.47 Å². The highest BCUT2D eigenvalue weighted by Gasteiger charge is 2.57. The molecule has 0 radical (unpaired) electrons. The van der Waals surface area contributed by atoms with Crippen LogP contribution in [0.15, 0.2) is 48.5 Å². The first-order valence-electron chi connectivity index (χ1n) is 12.1. The second-order valence-corrected chi connectivity index (χ2v) is 10.1. The van der Waals surface area contributed by atoms with Crippen LogP contribution in [0.5, 0.6) is 11.5 Å². The number of carbonyl (C=O) groups is 3. The lowest BCUT2D eigenvalue weighted by Gasteiger charge is -2.35. The van der Waals surface area contributed by atoms with Gasteiger partial charge in [0.15, 0.2) is 0 Å². The fraction of sp³-hybridized carbons (Fsp3) is 0.444. The minimum atomic E-state index is -1.17. The molecule has 0 spiro atoms. The molecule has 1 atom stereocenters. The number of hydrogen-bond acceptors (Lipinski definition) is 5.